The molecule has 2 heterocycles. The van der Waals surface area contributed by atoms with Gasteiger partial charge in [-0.25, -0.2) is 0 Å². The molecule has 29 heavy (non-hydrogen) atoms. The van der Waals surface area contributed by atoms with E-state index in [0.717, 1.165) is 35.6 Å². The van der Waals surface area contributed by atoms with Gasteiger partial charge in [0.1, 0.15) is 17.6 Å². The molecule has 0 radical (unpaired) electrons. The number of aliphatic hydroxyl groups excluding tert-OH is 1. The standard InChI is InChI=1S/C24H26N2O3/c1-25(2)15-21-14-20-12-13-26(16-22(20)29-21)24(28)19-10-8-18(9-11-19)23(27)17-6-4-3-5-7-17/h3-11,14,23,27H,12-13,15-16H2,1-2H3. The van der Waals surface area contributed by atoms with E-state index in [1.165, 1.54) is 5.56 Å². The van der Waals surface area contributed by atoms with Gasteiger partial charge in [-0.3, -0.25) is 4.79 Å². The zero-order valence-corrected chi connectivity index (χ0v) is 16.8. The summed E-state index contributed by atoms with van der Waals surface area (Å²) in [5.41, 5.74) is 3.43. The van der Waals surface area contributed by atoms with Crippen molar-refractivity contribution < 1.29 is 14.3 Å². The molecule has 0 saturated carbocycles. The number of rotatable bonds is 5. The molecule has 4 rings (SSSR count). The van der Waals surface area contributed by atoms with Crippen LogP contribution in [-0.2, 0) is 19.5 Å². The summed E-state index contributed by atoms with van der Waals surface area (Å²) in [7, 11) is 4.02. The average molecular weight is 390 g/mol. The monoisotopic (exact) mass is 390 g/mol. The van der Waals surface area contributed by atoms with Gasteiger partial charge in [0, 0.05) is 12.1 Å². The van der Waals surface area contributed by atoms with E-state index in [9.17, 15) is 9.90 Å². The Balaban J connectivity index is 1.45. The number of carbonyl (C=O) groups is 1. The van der Waals surface area contributed by atoms with E-state index in [0.29, 0.717) is 18.7 Å². The first-order valence-corrected chi connectivity index (χ1v) is 9.88. The van der Waals surface area contributed by atoms with E-state index in [2.05, 4.69) is 11.0 Å². The molecular formula is C24H26N2O3. The molecule has 1 atom stereocenters. The molecule has 0 bridgehead atoms. The molecule has 3 aromatic rings. The van der Waals surface area contributed by atoms with Crippen LogP contribution in [0.1, 0.15) is 44.7 Å². The van der Waals surface area contributed by atoms with E-state index < -0.39 is 6.10 Å². The van der Waals surface area contributed by atoms with Crippen LogP contribution in [0.4, 0.5) is 0 Å². The van der Waals surface area contributed by atoms with Crippen molar-refractivity contribution in [3.63, 3.8) is 0 Å². The minimum Gasteiger partial charge on any atom is -0.463 e. The highest BCUT2D eigenvalue weighted by Gasteiger charge is 2.25. The van der Waals surface area contributed by atoms with Gasteiger partial charge >= 0.3 is 0 Å². The van der Waals surface area contributed by atoms with Crippen LogP contribution in [0.5, 0.6) is 0 Å². The molecule has 1 aliphatic rings. The lowest BCUT2D eigenvalue weighted by atomic mass is 10.00. The predicted molar refractivity (Wildman–Crippen MR) is 111 cm³/mol. The first-order chi connectivity index (χ1) is 14.0. The number of amides is 1. The fourth-order valence-corrected chi connectivity index (χ4v) is 3.76. The summed E-state index contributed by atoms with van der Waals surface area (Å²) in [6, 6.07) is 18.8. The number of nitrogens with zero attached hydrogens (tertiary/aromatic N) is 2. The Morgan fingerprint density at radius 2 is 1.79 bits per heavy atom. The lowest BCUT2D eigenvalue weighted by Gasteiger charge is -2.26. The smallest absolute Gasteiger partial charge is 0.254 e. The summed E-state index contributed by atoms with van der Waals surface area (Å²) in [4.78, 5) is 16.9. The Morgan fingerprint density at radius 3 is 2.48 bits per heavy atom. The molecule has 0 aliphatic carbocycles. The van der Waals surface area contributed by atoms with Crippen LogP contribution < -0.4 is 0 Å². The summed E-state index contributed by atoms with van der Waals surface area (Å²) in [6.07, 6.45) is 0.110. The van der Waals surface area contributed by atoms with Crippen LogP contribution in [-0.4, -0.2) is 41.5 Å². The number of carbonyl (C=O) groups excluding carboxylic acids is 1. The Kier molecular flexibility index (Phi) is 5.51. The van der Waals surface area contributed by atoms with Crippen LogP contribution in [0.25, 0.3) is 0 Å². The normalized spacial score (nSPS) is 14.7. The molecule has 0 spiro atoms. The third kappa shape index (κ3) is 4.26. The second-order valence-electron chi connectivity index (χ2n) is 7.81. The van der Waals surface area contributed by atoms with Gasteiger partial charge in [0.25, 0.3) is 5.91 Å². The summed E-state index contributed by atoms with van der Waals surface area (Å²) in [5, 5.41) is 10.5. The van der Waals surface area contributed by atoms with Gasteiger partial charge < -0.3 is 19.3 Å². The summed E-state index contributed by atoms with van der Waals surface area (Å²) in [6.45, 7) is 1.93. The third-order valence-corrected chi connectivity index (χ3v) is 5.28. The largest absolute Gasteiger partial charge is 0.463 e. The molecule has 1 unspecified atom stereocenters. The maximum atomic E-state index is 13.0. The fourth-order valence-electron chi connectivity index (χ4n) is 3.76. The third-order valence-electron chi connectivity index (χ3n) is 5.28. The van der Waals surface area contributed by atoms with Crippen molar-refractivity contribution in [3.05, 3.63) is 94.4 Å². The topological polar surface area (TPSA) is 56.9 Å². The van der Waals surface area contributed by atoms with E-state index in [1.807, 2.05) is 61.5 Å². The second-order valence-corrected chi connectivity index (χ2v) is 7.81. The van der Waals surface area contributed by atoms with Gasteiger partial charge in [0.15, 0.2) is 0 Å². The highest BCUT2D eigenvalue weighted by molar-refractivity contribution is 5.94. The van der Waals surface area contributed by atoms with Crippen LogP contribution in [0.15, 0.2) is 65.1 Å². The summed E-state index contributed by atoms with van der Waals surface area (Å²) < 4.78 is 5.96. The van der Waals surface area contributed by atoms with Crippen molar-refractivity contribution in [1.29, 1.82) is 0 Å². The summed E-state index contributed by atoms with van der Waals surface area (Å²) in [5.74, 6) is 1.81. The molecule has 1 aromatic heterocycles. The molecular weight excluding hydrogens is 364 g/mol. The average Bonchev–Trinajstić information content (AvgIpc) is 3.14. The Morgan fingerprint density at radius 1 is 1.10 bits per heavy atom. The highest BCUT2D eigenvalue weighted by Crippen LogP contribution is 2.26. The first-order valence-electron chi connectivity index (χ1n) is 9.88. The van der Waals surface area contributed by atoms with Gasteiger partial charge in [-0.2, -0.15) is 0 Å². The van der Waals surface area contributed by atoms with Crippen molar-refractivity contribution >= 4 is 5.91 Å². The zero-order chi connectivity index (χ0) is 20.4. The lowest BCUT2D eigenvalue weighted by molar-refractivity contribution is 0.0718. The Hall–Kier alpha value is -2.89. The maximum Gasteiger partial charge on any atom is 0.254 e. The molecule has 0 saturated heterocycles. The van der Waals surface area contributed by atoms with E-state index in [4.69, 9.17) is 4.42 Å². The van der Waals surface area contributed by atoms with Crippen molar-refractivity contribution in [2.75, 3.05) is 20.6 Å². The van der Waals surface area contributed by atoms with E-state index in [1.54, 1.807) is 12.1 Å². The fraction of sp³-hybridized carbons (Fsp3) is 0.292. The van der Waals surface area contributed by atoms with E-state index >= 15 is 0 Å². The lowest BCUT2D eigenvalue weighted by Crippen LogP contribution is -2.35. The van der Waals surface area contributed by atoms with E-state index in [-0.39, 0.29) is 5.91 Å². The first kappa shape index (κ1) is 19.4. The van der Waals surface area contributed by atoms with Gasteiger partial charge in [-0.05, 0) is 55.4 Å². The number of hydrogen-bond donors (Lipinski definition) is 1. The summed E-state index contributed by atoms with van der Waals surface area (Å²) >= 11 is 0. The molecule has 1 aliphatic heterocycles. The van der Waals surface area contributed by atoms with Crippen molar-refractivity contribution in [2.45, 2.75) is 25.6 Å². The molecule has 150 valence electrons. The molecule has 5 nitrogen and oxygen atoms in total. The number of benzene rings is 2. The van der Waals surface area contributed by atoms with Crippen molar-refractivity contribution in [2.24, 2.45) is 0 Å². The maximum absolute atomic E-state index is 13.0. The number of hydrogen-bond acceptors (Lipinski definition) is 4. The quantitative estimate of drug-likeness (QED) is 0.723. The highest BCUT2D eigenvalue weighted by atomic mass is 16.3. The zero-order valence-electron chi connectivity index (χ0n) is 16.8. The van der Waals surface area contributed by atoms with Gasteiger partial charge in [-0.1, -0.05) is 42.5 Å². The van der Waals surface area contributed by atoms with Crippen LogP contribution >= 0.6 is 0 Å². The molecule has 2 aromatic carbocycles. The Labute approximate surface area is 171 Å². The second kappa shape index (κ2) is 8.23. The predicted octanol–water partition coefficient (Wildman–Crippen LogP) is 3.62. The number of aliphatic hydroxyl groups is 1. The molecule has 1 amide bonds. The number of fused-ring (bicyclic) bond motifs is 1. The molecule has 5 heteroatoms. The minimum absolute atomic E-state index is 0.0121. The molecule has 0 fully saturated rings. The number of furan rings is 1. The Bertz CT molecular complexity index is 977. The van der Waals surface area contributed by atoms with Crippen molar-refractivity contribution in [3.8, 4) is 0 Å². The van der Waals surface area contributed by atoms with Crippen LogP contribution in [0.2, 0.25) is 0 Å². The van der Waals surface area contributed by atoms with Gasteiger partial charge in [0.2, 0.25) is 0 Å². The molecule has 1 N–H and O–H groups in total. The van der Waals surface area contributed by atoms with Gasteiger partial charge in [-0.15, -0.1) is 0 Å². The SMILES string of the molecule is CN(C)Cc1cc2c(o1)CN(C(=O)c1ccc(C(O)c3ccccc3)cc1)CC2. The van der Waals surface area contributed by atoms with Crippen LogP contribution in [0, 0.1) is 0 Å². The van der Waals surface area contributed by atoms with Crippen molar-refractivity contribution in [1.82, 2.24) is 9.80 Å². The van der Waals surface area contributed by atoms with Gasteiger partial charge in [0.05, 0.1) is 13.1 Å². The minimum atomic E-state index is -0.698. The van der Waals surface area contributed by atoms with Crippen LogP contribution in [0.3, 0.4) is 0 Å².